The Morgan fingerprint density at radius 2 is 1.36 bits per heavy atom. The van der Waals surface area contributed by atoms with Crippen LogP contribution in [-0.2, 0) is 28.8 Å². The van der Waals surface area contributed by atoms with Gasteiger partial charge in [0.25, 0.3) is 0 Å². The second kappa shape index (κ2) is 16.2. The number of likely N-dealkylation sites (N-methyl/N-ethyl adjacent to an activating group) is 1. The number of likely N-dealkylation sites (tertiary alicyclic amines) is 2. The molecule has 0 aliphatic carbocycles. The second-order valence-corrected chi connectivity index (χ2v) is 12.9. The van der Waals surface area contributed by atoms with Gasteiger partial charge in [0.05, 0.1) is 6.10 Å². The van der Waals surface area contributed by atoms with Crippen LogP contribution in [0.25, 0.3) is 0 Å². The Kier molecular flexibility index (Phi) is 13.6. The van der Waals surface area contributed by atoms with Gasteiger partial charge in [0.15, 0.2) is 0 Å². The number of nitrogens with zero attached hydrogens (tertiary/aromatic N) is 2. The van der Waals surface area contributed by atoms with Crippen LogP contribution >= 0.6 is 0 Å². The average molecular weight is 622 g/mol. The fraction of sp³-hybridized carbons (Fsp3) is 0.774. The molecule has 0 aromatic rings. The standard InChI is InChI=1S/C31H53N6O7/c1-10-22(31(44)37-15-18(5)14-24(37)28(41)35-25(21(8)38)29(42)32-9)34-27(40)23-13-17(4)11-12-36(23)30(43)20(7)33-26(39)19(6)16(2)3/h10,16-25,38H,11-15H2,1-9H3,(H,32,42)(H,33,39)(H,34,40)(H,35,41)/t17?,18?,19?,20-,21?,22-,23-,24-,25-/m0/s1. The second-order valence-electron chi connectivity index (χ2n) is 12.9. The number of piperidine rings is 1. The van der Waals surface area contributed by atoms with E-state index >= 15 is 0 Å². The molecule has 2 rings (SSSR count). The highest BCUT2D eigenvalue weighted by Crippen LogP contribution is 2.26. The molecule has 44 heavy (non-hydrogen) atoms. The van der Waals surface area contributed by atoms with E-state index in [1.165, 1.54) is 30.2 Å². The van der Waals surface area contributed by atoms with Gasteiger partial charge in [-0.15, -0.1) is 0 Å². The lowest BCUT2D eigenvalue weighted by atomic mass is 9.91. The van der Waals surface area contributed by atoms with E-state index in [9.17, 15) is 33.9 Å². The molecule has 2 aliphatic rings. The molecule has 13 nitrogen and oxygen atoms in total. The first-order valence-electron chi connectivity index (χ1n) is 15.7. The molecule has 2 aliphatic heterocycles. The first-order valence-corrected chi connectivity index (χ1v) is 15.7. The summed E-state index contributed by atoms with van der Waals surface area (Å²) in [6, 6.07) is -4.81. The first-order chi connectivity index (χ1) is 20.5. The van der Waals surface area contributed by atoms with E-state index in [2.05, 4.69) is 21.3 Å². The normalized spacial score (nSPS) is 25.3. The van der Waals surface area contributed by atoms with Crippen molar-refractivity contribution in [2.75, 3.05) is 20.1 Å². The third-order valence-electron chi connectivity index (χ3n) is 8.90. The highest BCUT2D eigenvalue weighted by Gasteiger charge is 2.43. The zero-order valence-corrected chi connectivity index (χ0v) is 27.7. The number of aliphatic hydroxyl groups excluding tert-OH is 1. The van der Waals surface area contributed by atoms with E-state index in [-0.39, 0.29) is 42.0 Å². The van der Waals surface area contributed by atoms with Crippen LogP contribution < -0.4 is 21.3 Å². The van der Waals surface area contributed by atoms with Gasteiger partial charge in [0.1, 0.15) is 30.2 Å². The van der Waals surface area contributed by atoms with E-state index in [0.29, 0.717) is 25.8 Å². The molecular formula is C31H53N6O7. The summed E-state index contributed by atoms with van der Waals surface area (Å²) in [5.74, 6) is -2.73. The predicted octanol–water partition coefficient (Wildman–Crippen LogP) is -0.0321. The molecule has 0 aromatic carbocycles. The molecule has 6 amide bonds. The molecule has 5 N–H and O–H groups in total. The highest BCUT2D eigenvalue weighted by molar-refractivity contribution is 5.97. The maximum absolute atomic E-state index is 13.7. The Balaban J connectivity index is 2.19. The third kappa shape index (κ3) is 9.15. The van der Waals surface area contributed by atoms with Crippen molar-refractivity contribution in [3.8, 4) is 0 Å². The fourth-order valence-electron chi connectivity index (χ4n) is 5.68. The predicted molar refractivity (Wildman–Crippen MR) is 164 cm³/mol. The minimum atomic E-state index is -1.19. The van der Waals surface area contributed by atoms with Crippen molar-refractivity contribution in [1.29, 1.82) is 0 Å². The number of amides is 6. The number of nitrogens with one attached hydrogen (secondary N) is 4. The van der Waals surface area contributed by atoms with Crippen LogP contribution in [-0.4, -0.2) is 107 Å². The number of carbonyl (C=O) groups excluding carboxylic acids is 6. The fourth-order valence-corrected chi connectivity index (χ4v) is 5.68. The van der Waals surface area contributed by atoms with E-state index in [4.69, 9.17) is 0 Å². The minimum absolute atomic E-state index is 0.0182. The molecule has 249 valence electrons. The summed E-state index contributed by atoms with van der Waals surface area (Å²) in [4.78, 5) is 81.8. The Bertz CT molecular complexity index is 1070. The van der Waals surface area contributed by atoms with Crippen LogP contribution in [0.3, 0.4) is 0 Å². The molecule has 0 bridgehead atoms. The van der Waals surface area contributed by atoms with E-state index in [1.54, 1.807) is 20.8 Å². The first kappa shape index (κ1) is 37.0. The van der Waals surface area contributed by atoms with Gasteiger partial charge in [-0.3, -0.25) is 28.8 Å². The van der Waals surface area contributed by atoms with Gasteiger partial charge in [-0.2, -0.15) is 0 Å². The zero-order valence-electron chi connectivity index (χ0n) is 27.7. The highest BCUT2D eigenvalue weighted by atomic mass is 16.3. The van der Waals surface area contributed by atoms with Crippen molar-refractivity contribution >= 4 is 35.4 Å². The number of hydrogen-bond acceptors (Lipinski definition) is 7. The lowest BCUT2D eigenvalue weighted by molar-refractivity contribution is -0.147. The number of hydrogen-bond donors (Lipinski definition) is 5. The Morgan fingerprint density at radius 3 is 1.91 bits per heavy atom. The third-order valence-corrected chi connectivity index (χ3v) is 8.90. The van der Waals surface area contributed by atoms with Crippen molar-refractivity contribution in [1.82, 2.24) is 31.1 Å². The van der Waals surface area contributed by atoms with Crippen LogP contribution in [0.1, 0.15) is 74.7 Å². The molecular weight excluding hydrogens is 568 g/mol. The Hall–Kier alpha value is -3.22. The SMILES string of the molecule is C[CH][C@H](NC(=O)[C@@H]1CC(C)CCN1C(=O)[C@H](C)NC(=O)C(C)C(C)C)C(=O)N1CC(C)C[C@H]1C(=O)N[C@H](C(=O)NC)C(C)O. The molecule has 2 saturated heterocycles. The maximum atomic E-state index is 13.7. The monoisotopic (exact) mass is 621 g/mol. The summed E-state index contributed by atoms with van der Waals surface area (Å²) in [6.45, 7) is 14.8. The van der Waals surface area contributed by atoms with Crippen molar-refractivity contribution in [2.24, 2.45) is 23.7 Å². The largest absolute Gasteiger partial charge is 0.391 e. The summed E-state index contributed by atoms with van der Waals surface area (Å²) in [5, 5.41) is 20.6. The van der Waals surface area contributed by atoms with Gasteiger partial charge in [0.2, 0.25) is 35.4 Å². The average Bonchev–Trinajstić information content (AvgIpc) is 3.37. The molecule has 1 radical (unpaired) electrons. The summed E-state index contributed by atoms with van der Waals surface area (Å²) in [5.41, 5.74) is 0. The molecule has 2 heterocycles. The maximum Gasteiger partial charge on any atom is 0.246 e. The smallest absolute Gasteiger partial charge is 0.246 e. The Morgan fingerprint density at radius 1 is 0.795 bits per heavy atom. The van der Waals surface area contributed by atoms with Crippen LogP contribution in [0, 0.1) is 30.1 Å². The van der Waals surface area contributed by atoms with Crippen molar-refractivity contribution in [3.05, 3.63) is 6.42 Å². The summed E-state index contributed by atoms with van der Waals surface area (Å²) < 4.78 is 0. The van der Waals surface area contributed by atoms with E-state index in [0.717, 1.165) is 0 Å². The number of aliphatic hydroxyl groups is 1. The molecule has 9 atom stereocenters. The van der Waals surface area contributed by atoms with Crippen LogP contribution in [0.15, 0.2) is 0 Å². The molecule has 0 spiro atoms. The molecule has 2 fully saturated rings. The van der Waals surface area contributed by atoms with E-state index in [1.807, 2.05) is 27.7 Å². The van der Waals surface area contributed by atoms with Crippen molar-refractivity contribution in [2.45, 2.75) is 111 Å². The molecule has 13 heteroatoms. The van der Waals surface area contributed by atoms with Gasteiger partial charge >= 0.3 is 0 Å². The Labute approximate surface area is 261 Å². The van der Waals surface area contributed by atoms with Gasteiger partial charge in [-0.05, 0) is 57.3 Å². The van der Waals surface area contributed by atoms with E-state index < -0.39 is 59.9 Å². The van der Waals surface area contributed by atoms with Gasteiger partial charge in [0, 0.05) is 26.1 Å². The molecule has 4 unspecified atom stereocenters. The lowest BCUT2D eigenvalue weighted by Gasteiger charge is -2.39. The summed E-state index contributed by atoms with van der Waals surface area (Å²) in [7, 11) is 1.40. The van der Waals surface area contributed by atoms with Gasteiger partial charge < -0.3 is 36.2 Å². The van der Waals surface area contributed by atoms with Gasteiger partial charge in [-0.25, -0.2) is 0 Å². The molecule has 0 saturated carbocycles. The summed E-state index contributed by atoms with van der Waals surface area (Å²) >= 11 is 0. The van der Waals surface area contributed by atoms with Crippen LogP contribution in [0.5, 0.6) is 0 Å². The van der Waals surface area contributed by atoms with Crippen molar-refractivity contribution in [3.63, 3.8) is 0 Å². The molecule has 0 aromatic heterocycles. The van der Waals surface area contributed by atoms with Crippen LogP contribution in [0.4, 0.5) is 0 Å². The lowest BCUT2D eigenvalue weighted by Crippen LogP contribution is -2.61. The van der Waals surface area contributed by atoms with Gasteiger partial charge in [-0.1, -0.05) is 41.5 Å². The number of rotatable bonds is 12. The van der Waals surface area contributed by atoms with Crippen molar-refractivity contribution < 1.29 is 33.9 Å². The minimum Gasteiger partial charge on any atom is -0.391 e. The summed E-state index contributed by atoms with van der Waals surface area (Å²) in [6.07, 6.45) is 1.83. The zero-order chi connectivity index (χ0) is 33.5. The van der Waals surface area contributed by atoms with Crippen LogP contribution in [0.2, 0.25) is 0 Å². The topological polar surface area (TPSA) is 177 Å². The number of carbonyl (C=O) groups is 6. The quantitative estimate of drug-likeness (QED) is 0.203.